The third-order valence-corrected chi connectivity index (χ3v) is 8.99. The van der Waals surface area contributed by atoms with Crippen LogP contribution in [0.3, 0.4) is 0 Å². The molecule has 9 heteroatoms. The third-order valence-electron chi connectivity index (χ3n) is 6.83. The Labute approximate surface area is 205 Å². The van der Waals surface area contributed by atoms with E-state index in [1.807, 2.05) is 29.2 Å². The molecule has 1 fully saturated rings. The molecule has 1 aliphatic carbocycles. The first-order chi connectivity index (χ1) is 16.7. The molecular weight excluding hydrogens is 468 g/mol. The Kier molecular flexibility index (Phi) is 5.90. The second-order valence-corrected chi connectivity index (χ2v) is 11.2. The van der Waals surface area contributed by atoms with E-state index in [0.717, 1.165) is 72.4 Å². The first kappa shape index (κ1) is 21.9. The van der Waals surface area contributed by atoms with Gasteiger partial charge in [0.05, 0.1) is 11.1 Å². The number of oxazole rings is 1. The molecule has 0 bridgehead atoms. The van der Waals surface area contributed by atoms with E-state index in [1.54, 1.807) is 23.1 Å². The zero-order chi connectivity index (χ0) is 23.1. The SMILES string of the molecule is O=C(CCSCc1nc2sc3c(c2c(=O)[nH]1)CCC3)N1CCC(c2nc3ccccc3o2)CC1. The summed E-state index contributed by atoms with van der Waals surface area (Å²) in [6, 6.07) is 7.83. The van der Waals surface area contributed by atoms with Crippen LogP contribution in [0.1, 0.15) is 53.8 Å². The fraction of sp³-hybridized carbons (Fsp3) is 0.440. The lowest BCUT2D eigenvalue weighted by molar-refractivity contribution is -0.131. The molecule has 6 rings (SSSR count). The van der Waals surface area contributed by atoms with Crippen molar-refractivity contribution in [1.29, 1.82) is 0 Å². The molecular formula is C25H26N4O3S2. The molecule has 1 N–H and O–H groups in total. The predicted molar refractivity (Wildman–Crippen MR) is 136 cm³/mol. The molecule has 3 aromatic heterocycles. The van der Waals surface area contributed by atoms with Crippen LogP contribution in [0.25, 0.3) is 21.3 Å². The molecule has 1 aromatic carbocycles. The van der Waals surface area contributed by atoms with Gasteiger partial charge in [-0.05, 0) is 49.8 Å². The van der Waals surface area contributed by atoms with Crippen molar-refractivity contribution < 1.29 is 9.21 Å². The Morgan fingerprint density at radius 2 is 2.06 bits per heavy atom. The highest BCUT2D eigenvalue weighted by atomic mass is 32.2. The number of hydrogen-bond acceptors (Lipinski definition) is 7. The summed E-state index contributed by atoms with van der Waals surface area (Å²) in [7, 11) is 0. The number of carbonyl (C=O) groups excluding carboxylic acids is 1. The van der Waals surface area contributed by atoms with Gasteiger partial charge in [-0.2, -0.15) is 11.8 Å². The Balaban J connectivity index is 0.986. The van der Waals surface area contributed by atoms with Crippen molar-refractivity contribution >= 4 is 50.3 Å². The van der Waals surface area contributed by atoms with E-state index in [0.29, 0.717) is 23.8 Å². The van der Waals surface area contributed by atoms with Crippen LogP contribution in [0, 0.1) is 0 Å². The zero-order valence-corrected chi connectivity index (χ0v) is 20.5. The Morgan fingerprint density at radius 1 is 1.21 bits per heavy atom. The Morgan fingerprint density at radius 3 is 2.91 bits per heavy atom. The number of rotatable bonds is 6. The number of H-pyrrole nitrogens is 1. The van der Waals surface area contributed by atoms with Gasteiger partial charge in [-0.25, -0.2) is 9.97 Å². The summed E-state index contributed by atoms with van der Waals surface area (Å²) in [5.74, 6) is 3.28. The summed E-state index contributed by atoms with van der Waals surface area (Å²) in [5.41, 5.74) is 2.91. The molecule has 0 spiro atoms. The van der Waals surface area contributed by atoms with E-state index in [9.17, 15) is 9.59 Å². The highest BCUT2D eigenvalue weighted by molar-refractivity contribution is 7.98. The molecule has 1 amide bonds. The summed E-state index contributed by atoms with van der Waals surface area (Å²) >= 11 is 3.31. The number of amides is 1. The molecule has 34 heavy (non-hydrogen) atoms. The molecule has 0 saturated carbocycles. The molecule has 4 aromatic rings. The molecule has 0 radical (unpaired) electrons. The highest BCUT2D eigenvalue weighted by Crippen LogP contribution is 2.34. The van der Waals surface area contributed by atoms with Crippen molar-refractivity contribution in [2.75, 3.05) is 18.8 Å². The maximum Gasteiger partial charge on any atom is 0.259 e. The van der Waals surface area contributed by atoms with Crippen molar-refractivity contribution in [3.05, 3.63) is 56.8 Å². The van der Waals surface area contributed by atoms with Crippen molar-refractivity contribution in [2.45, 2.75) is 50.2 Å². The van der Waals surface area contributed by atoms with Gasteiger partial charge in [0.2, 0.25) is 5.91 Å². The number of aromatic amines is 1. The average molecular weight is 495 g/mol. The lowest BCUT2D eigenvalue weighted by atomic mass is 9.96. The zero-order valence-electron chi connectivity index (χ0n) is 18.8. The van der Waals surface area contributed by atoms with Crippen LogP contribution >= 0.6 is 23.1 Å². The minimum atomic E-state index is -0.0158. The molecule has 2 aliphatic rings. The number of hydrogen-bond donors (Lipinski definition) is 1. The summed E-state index contributed by atoms with van der Waals surface area (Å²) in [5, 5.41) is 0.794. The molecule has 7 nitrogen and oxygen atoms in total. The molecule has 1 aliphatic heterocycles. The molecule has 0 unspecified atom stereocenters. The van der Waals surface area contributed by atoms with E-state index in [4.69, 9.17) is 9.40 Å². The van der Waals surface area contributed by atoms with Gasteiger partial charge in [-0.15, -0.1) is 11.3 Å². The summed E-state index contributed by atoms with van der Waals surface area (Å²) in [4.78, 5) is 41.7. The smallest absolute Gasteiger partial charge is 0.259 e. The van der Waals surface area contributed by atoms with Crippen molar-refractivity contribution in [3.63, 3.8) is 0 Å². The largest absolute Gasteiger partial charge is 0.440 e. The second-order valence-electron chi connectivity index (χ2n) is 9.03. The minimum absolute atomic E-state index is 0.0158. The van der Waals surface area contributed by atoms with Gasteiger partial charge in [0.25, 0.3) is 5.56 Å². The Bertz CT molecular complexity index is 1380. The molecule has 1 saturated heterocycles. The quantitative estimate of drug-likeness (QED) is 0.393. The first-order valence-corrected chi connectivity index (χ1v) is 13.9. The average Bonchev–Trinajstić information content (AvgIpc) is 3.56. The van der Waals surface area contributed by atoms with E-state index < -0.39 is 0 Å². The number of fused-ring (bicyclic) bond motifs is 4. The Hall–Kier alpha value is -2.65. The van der Waals surface area contributed by atoms with Crippen LogP contribution in [-0.2, 0) is 23.4 Å². The molecule has 176 valence electrons. The molecule has 0 atom stereocenters. The van der Waals surface area contributed by atoms with Gasteiger partial charge in [-0.3, -0.25) is 9.59 Å². The number of aromatic nitrogens is 3. The predicted octanol–water partition coefficient (Wildman–Crippen LogP) is 4.64. The fourth-order valence-corrected chi connectivity index (χ4v) is 7.12. The highest BCUT2D eigenvalue weighted by Gasteiger charge is 2.27. The monoisotopic (exact) mass is 494 g/mol. The van der Waals surface area contributed by atoms with E-state index in [1.165, 1.54) is 10.4 Å². The normalized spacial score (nSPS) is 16.5. The summed E-state index contributed by atoms with van der Waals surface area (Å²) < 4.78 is 5.93. The number of thioether (sulfide) groups is 1. The van der Waals surface area contributed by atoms with Gasteiger partial charge in [-0.1, -0.05) is 12.1 Å². The van der Waals surface area contributed by atoms with Crippen molar-refractivity contribution in [2.24, 2.45) is 0 Å². The van der Waals surface area contributed by atoms with Crippen LogP contribution in [0.4, 0.5) is 0 Å². The van der Waals surface area contributed by atoms with E-state index >= 15 is 0 Å². The second kappa shape index (κ2) is 9.19. The van der Waals surface area contributed by atoms with E-state index in [2.05, 4.69) is 9.97 Å². The maximum absolute atomic E-state index is 12.7. The van der Waals surface area contributed by atoms with Gasteiger partial charge < -0.3 is 14.3 Å². The standard InChI is InChI=1S/C25H26N4O3S2/c30-21(29-11-8-15(9-12-29)24-26-17-5-1-2-6-18(17)32-24)10-13-33-14-20-27-23(31)22-16-4-3-7-19(16)34-25(22)28-20/h1-2,5-6,15H,3-4,7-14H2,(H,27,28,31). The van der Waals surface area contributed by atoms with Gasteiger partial charge in [0.15, 0.2) is 11.5 Å². The number of thiophene rings is 1. The maximum atomic E-state index is 12.7. The van der Waals surface area contributed by atoms with Crippen LogP contribution in [0.5, 0.6) is 0 Å². The number of nitrogens with one attached hydrogen (secondary N) is 1. The number of carbonyl (C=O) groups is 1. The fourth-order valence-electron chi connectivity index (χ4n) is 5.04. The lowest BCUT2D eigenvalue weighted by Crippen LogP contribution is -2.38. The lowest BCUT2D eigenvalue weighted by Gasteiger charge is -2.30. The van der Waals surface area contributed by atoms with Crippen LogP contribution in [0.15, 0.2) is 33.5 Å². The summed E-state index contributed by atoms with van der Waals surface area (Å²) in [6.07, 6.45) is 5.44. The number of piperidine rings is 1. The van der Waals surface area contributed by atoms with E-state index in [-0.39, 0.29) is 17.4 Å². The summed E-state index contributed by atoms with van der Waals surface area (Å²) in [6.45, 7) is 1.48. The number of benzene rings is 1. The van der Waals surface area contributed by atoms with Crippen LogP contribution < -0.4 is 5.56 Å². The number of likely N-dealkylation sites (tertiary alicyclic amines) is 1. The van der Waals surface area contributed by atoms with Gasteiger partial charge in [0.1, 0.15) is 16.2 Å². The van der Waals surface area contributed by atoms with Crippen molar-refractivity contribution in [3.8, 4) is 0 Å². The topological polar surface area (TPSA) is 92.1 Å². The van der Waals surface area contributed by atoms with Gasteiger partial charge in [0, 0.05) is 36.1 Å². The first-order valence-electron chi connectivity index (χ1n) is 11.9. The molecule has 4 heterocycles. The van der Waals surface area contributed by atoms with Crippen LogP contribution in [0.2, 0.25) is 0 Å². The van der Waals surface area contributed by atoms with Crippen LogP contribution in [-0.4, -0.2) is 44.6 Å². The number of nitrogens with zero attached hydrogens (tertiary/aromatic N) is 3. The van der Waals surface area contributed by atoms with Gasteiger partial charge >= 0.3 is 0 Å². The number of aryl methyl sites for hydroxylation is 2. The third kappa shape index (κ3) is 4.15. The minimum Gasteiger partial charge on any atom is -0.440 e. The van der Waals surface area contributed by atoms with Crippen molar-refractivity contribution in [1.82, 2.24) is 19.9 Å². The number of para-hydroxylation sites is 2.